The normalized spacial score (nSPS) is 11.2. The van der Waals surface area contributed by atoms with Crippen molar-refractivity contribution in [3.8, 4) is 11.4 Å². The zero-order valence-corrected chi connectivity index (χ0v) is 15.1. The lowest BCUT2D eigenvalue weighted by atomic mass is 10.1. The zero-order valence-electron chi connectivity index (χ0n) is 14.4. The fourth-order valence-electron chi connectivity index (χ4n) is 2.88. The minimum absolute atomic E-state index is 0.0375. The van der Waals surface area contributed by atoms with Gasteiger partial charge in [0.05, 0.1) is 18.1 Å². The van der Waals surface area contributed by atoms with Gasteiger partial charge >= 0.3 is 5.97 Å². The van der Waals surface area contributed by atoms with Gasteiger partial charge in [-0.3, -0.25) is 0 Å². The van der Waals surface area contributed by atoms with Crippen molar-refractivity contribution in [1.82, 2.24) is 29.3 Å². The van der Waals surface area contributed by atoms with Crippen LogP contribution >= 0.6 is 11.6 Å². The first kappa shape index (κ1) is 17.2. The van der Waals surface area contributed by atoms with Crippen molar-refractivity contribution < 1.29 is 9.90 Å². The molecule has 1 aromatic carbocycles. The highest BCUT2D eigenvalue weighted by Gasteiger charge is 2.14. The molecule has 3 heterocycles. The van der Waals surface area contributed by atoms with Gasteiger partial charge in [-0.15, -0.1) is 0 Å². The van der Waals surface area contributed by atoms with E-state index in [2.05, 4.69) is 20.1 Å². The number of rotatable bonds is 5. The maximum atomic E-state index is 11.2. The lowest BCUT2D eigenvalue weighted by Crippen LogP contribution is -2.03. The van der Waals surface area contributed by atoms with E-state index < -0.39 is 5.97 Å². The second-order valence-corrected chi connectivity index (χ2v) is 6.30. The summed E-state index contributed by atoms with van der Waals surface area (Å²) in [6, 6.07) is 7.76. The summed E-state index contributed by atoms with van der Waals surface area (Å²) in [5.74, 6) is -0.406. The topological polar surface area (TPSA) is 98.7 Å². The van der Waals surface area contributed by atoms with E-state index in [-0.39, 0.29) is 11.0 Å². The van der Waals surface area contributed by atoms with Gasteiger partial charge in [0.25, 0.3) is 0 Å². The number of hydrogen-bond acceptors (Lipinski definition) is 5. The number of imidazole rings is 1. The number of fused-ring (bicyclic) bond motifs is 1. The van der Waals surface area contributed by atoms with Crippen LogP contribution in [0.25, 0.3) is 22.4 Å². The Morgan fingerprint density at radius 1 is 1.19 bits per heavy atom. The average molecular weight is 383 g/mol. The predicted molar refractivity (Wildman–Crippen MR) is 99.7 cm³/mol. The Bertz CT molecular complexity index is 1130. The van der Waals surface area contributed by atoms with Crippen LogP contribution in [0.2, 0.25) is 5.28 Å². The molecule has 4 aromatic rings. The molecule has 0 unspecified atom stereocenters. The van der Waals surface area contributed by atoms with Crippen molar-refractivity contribution in [3.05, 3.63) is 59.4 Å². The van der Waals surface area contributed by atoms with E-state index in [9.17, 15) is 4.79 Å². The maximum absolute atomic E-state index is 11.2. The number of carbonyl (C=O) groups is 1. The van der Waals surface area contributed by atoms with E-state index >= 15 is 0 Å². The van der Waals surface area contributed by atoms with Crippen LogP contribution < -0.4 is 0 Å². The van der Waals surface area contributed by atoms with Gasteiger partial charge in [-0.25, -0.2) is 19.4 Å². The standard InChI is InChI=1S/C18H15ClN6O2/c1-2-24-10-14(17(26)27)22-15(24)12-5-3-11(4-6-12)9-25-16-13(8-21-25)7-20-18(19)23-16/h3-8,10H,2,9H2,1H3,(H,26,27). The molecule has 0 bridgehead atoms. The highest BCUT2D eigenvalue weighted by Crippen LogP contribution is 2.21. The third-order valence-corrected chi connectivity index (χ3v) is 4.41. The molecule has 9 heteroatoms. The molecule has 0 aliphatic rings. The number of aromatic carboxylic acids is 1. The number of halogens is 1. The smallest absolute Gasteiger partial charge is 0.356 e. The maximum Gasteiger partial charge on any atom is 0.356 e. The second-order valence-electron chi connectivity index (χ2n) is 5.96. The largest absolute Gasteiger partial charge is 0.476 e. The van der Waals surface area contributed by atoms with Gasteiger partial charge in [-0.2, -0.15) is 10.1 Å². The summed E-state index contributed by atoms with van der Waals surface area (Å²) in [5, 5.41) is 14.5. The van der Waals surface area contributed by atoms with Crippen LogP contribution in [0.5, 0.6) is 0 Å². The van der Waals surface area contributed by atoms with Crippen molar-refractivity contribution in [2.24, 2.45) is 0 Å². The molecular weight excluding hydrogens is 368 g/mol. The average Bonchev–Trinajstić information content (AvgIpc) is 3.27. The summed E-state index contributed by atoms with van der Waals surface area (Å²) in [7, 11) is 0. The van der Waals surface area contributed by atoms with Crippen LogP contribution in [0.4, 0.5) is 0 Å². The van der Waals surface area contributed by atoms with E-state index in [0.29, 0.717) is 24.6 Å². The van der Waals surface area contributed by atoms with Gasteiger partial charge in [-0.05, 0) is 24.1 Å². The monoisotopic (exact) mass is 382 g/mol. The number of nitrogens with zero attached hydrogens (tertiary/aromatic N) is 6. The fourth-order valence-corrected chi connectivity index (χ4v) is 3.01. The predicted octanol–water partition coefficient (Wildman–Crippen LogP) is 3.11. The summed E-state index contributed by atoms with van der Waals surface area (Å²) >= 11 is 5.88. The summed E-state index contributed by atoms with van der Waals surface area (Å²) in [6.07, 6.45) is 4.89. The Balaban J connectivity index is 1.62. The second kappa shape index (κ2) is 6.81. The van der Waals surface area contributed by atoms with Crippen molar-refractivity contribution in [3.63, 3.8) is 0 Å². The minimum Gasteiger partial charge on any atom is -0.476 e. The quantitative estimate of drug-likeness (QED) is 0.532. The van der Waals surface area contributed by atoms with Gasteiger partial charge in [0.15, 0.2) is 11.3 Å². The number of carboxylic acids is 1. The lowest BCUT2D eigenvalue weighted by molar-refractivity contribution is 0.0691. The molecule has 0 fully saturated rings. The third-order valence-electron chi connectivity index (χ3n) is 4.23. The summed E-state index contributed by atoms with van der Waals surface area (Å²) in [5.41, 5.74) is 2.58. The van der Waals surface area contributed by atoms with Crippen molar-refractivity contribution in [1.29, 1.82) is 0 Å². The number of hydrogen-bond donors (Lipinski definition) is 1. The van der Waals surface area contributed by atoms with E-state index in [4.69, 9.17) is 16.7 Å². The number of aromatic nitrogens is 6. The number of carboxylic acid groups (broad SMARTS) is 1. The van der Waals surface area contributed by atoms with E-state index in [1.54, 1.807) is 23.3 Å². The Labute approximate surface area is 159 Å². The molecule has 136 valence electrons. The molecule has 0 amide bonds. The molecule has 8 nitrogen and oxygen atoms in total. The van der Waals surface area contributed by atoms with Crippen LogP contribution in [0.1, 0.15) is 23.0 Å². The SMILES string of the molecule is CCn1cc(C(=O)O)nc1-c1ccc(Cn2ncc3cnc(Cl)nc32)cc1. The van der Waals surface area contributed by atoms with Crippen molar-refractivity contribution in [2.75, 3.05) is 0 Å². The Morgan fingerprint density at radius 3 is 2.67 bits per heavy atom. The van der Waals surface area contributed by atoms with Crippen LogP contribution in [0.15, 0.2) is 42.9 Å². The molecule has 0 aliphatic carbocycles. The van der Waals surface area contributed by atoms with Crippen LogP contribution in [-0.4, -0.2) is 40.4 Å². The molecule has 1 N–H and O–H groups in total. The highest BCUT2D eigenvalue weighted by molar-refractivity contribution is 6.28. The molecule has 0 radical (unpaired) electrons. The number of aryl methyl sites for hydroxylation is 1. The third kappa shape index (κ3) is 3.26. The molecule has 0 spiro atoms. The Kier molecular flexibility index (Phi) is 4.33. The minimum atomic E-state index is -1.04. The van der Waals surface area contributed by atoms with E-state index in [1.807, 2.05) is 35.8 Å². The van der Waals surface area contributed by atoms with Crippen LogP contribution in [0, 0.1) is 0 Å². The molecule has 0 aliphatic heterocycles. The lowest BCUT2D eigenvalue weighted by Gasteiger charge is -2.07. The fraction of sp³-hybridized carbons (Fsp3) is 0.167. The first-order chi connectivity index (χ1) is 13.0. The Morgan fingerprint density at radius 2 is 1.96 bits per heavy atom. The first-order valence-corrected chi connectivity index (χ1v) is 8.67. The first-order valence-electron chi connectivity index (χ1n) is 8.29. The van der Waals surface area contributed by atoms with Crippen molar-refractivity contribution in [2.45, 2.75) is 20.0 Å². The van der Waals surface area contributed by atoms with Gasteiger partial charge in [0.1, 0.15) is 5.82 Å². The molecular formula is C18H15ClN6O2. The molecule has 4 rings (SSSR count). The van der Waals surface area contributed by atoms with E-state index in [0.717, 1.165) is 16.5 Å². The van der Waals surface area contributed by atoms with Gasteiger partial charge in [0.2, 0.25) is 5.28 Å². The van der Waals surface area contributed by atoms with Crippen LogP contribution in [-0.2, 0) is 13.1 Å². The van der Waals surface area contributed by atoms with Crippen molar-refractivity contribution >= 4 is 28.6 Å². The summed E-state index contributed by atoms with van der Waals surface area (Å²) < 4.78 is 3.58. The highest BCUT2D eigenvalue weighted by atomic mass is 35.5. The van der Waals surface area contributed by atoms with Gasteiger partial charge in [-0.1, -0.05) is 24.3 Å². The molecule has 3 aromatic heterocycles. The van der Waals surface area contributed by atoms with Crippen LogP contribution in [0.3, 0.4) is 0 Å². The van der Waals surface area contributed by atoms with E-state index in [1.165, 1.54) is 0 Å². The number of benzene rings is 1. The Hall–Kier alpha value is -3.26. The molecule has 0 saturated heterocycles. The molecule has 0 saturated carbocycles. The van der Waals surface area contributed by atoms with Gasteiger partial charge in [0, 0.05) is 24.5 Å². The zero-order chi connectivity index (χ0) is 19.0. The summed E-state index contributed by atoms with van der Waals surface area (Å²) in [4.78, 5) is 23.6. The molecule has 0 atom stereocenters. The summed E-state index contributed by atoms with van der Waals surface area (Å²) in [6.45, 7) is 3.11. The van der Waals surface area contributed by atoms with Gasteiger partial charge < -0.3 is 9.67 Å². The molecule has 27 heavy (non-hydrogen) atoms.